The molecule has 2 aromatic carbocycles. The van der Waals surface area contributed by atoms with Crippen molar-refractivity contribution < 1.29 is 13.9 Å². The van der Waals surface area contributed by atoms with E-state index < -0.39 is 0 Å². The predicted octanol–water partition coefficient (Wildman–Crippen LogP) is 5.88. The number of halogens is 1. The third-order valence-corrected chi connectivity index (χ3v) is 5.69. The standard InChI is InChI=1S/C26H26FNO2/c1-4-30-26(29)24-23(18-9-12-20(27)13-10-18)21-15-19-8-6-5-7-17(19)11-14-22(21)28-25(24)16(2)3/h5-10,12-13,16H,4,11,14-15H2,1-3H3. The molecule has 0 spiro atoms. The first-order valence-electron chi connectivity index (χ1n) is 10.5. The molecule has 1 heterocycles. The molecule has 154 valence electrons. The smallest absolute Gasteiger partial charge is 0.340 e. The number of nitrogens with zero attached hydrogens (tertiary/aromatic N) is 1. The molecular weight excluding hydrogens is 377 g/mol. The van der Waals surface area contributed by atoms with Crippen LogP contribution in [0.3, 0.4) is 0 Å². The van der Waals surface area contributed by atoms with Crippen LogP contribution in [0.25, 0.3) is 11.1 Å². The van der Waals surface area contributed by atoms with Gasteiger partial charge in [-0.1, -0.05) is 50.2 Å². The van der Waals surface area contributed by atoms with Crippen molar-refractivity contribution in [1.82, 2.24) is 4.98 Å². The van der Waals surface area contributed by atoms with E-state index in [4.69, 9.17) is 9.72 Å². The average Bonchev–Trinajstić information content (AvgIpc) is 2.92. The average molecular weight is 403 g/mol. The third kappa shape index (κ3) is 3.74. The van der Waals surface area contributed by atoms with Crippen LogP contribution in [-0.4, -0.2) is 17.6 Å². The Morgan fingerprint density at radius 1 is 1.07 bits per heavy atom. The van der Waals surface area contributed by atoms with Crippen LogP contribution in [0.5, 0.6) is 0 Å². The highest BCUT2D eigenvalue weighted by Gasteiger charge is 2.29. The Balaban J connectivity index is 2.04. The Kier molecular flexibility index (Phi) is 5.67. The molecule has 30 heavy (non-hydrogen) atoms. The van der Waals surface area contributed by atoms with E-state index in [-0.39, 0.29) is 17.7 Å². The fourth-order valence-corrected chi connectivity index (χ4v) is 4.27. The lowest BCUT2D eigenvalue weighted by molar-refractivity contribution is 0.0524. The lowest BCUT2D eigenvalue weighted by Gasteiger charge is -2.22. The fraction of sp³-hybridized carbons (Fsp3) is 0.308. The van der Waals surface area contributed by atoms with Gasteiger partial charge in [0.05, 0.1) is 17.9 Å². The van der Waals surface area contributed by atoms with E-state index in [1.807, 2.05) is 19.9 Å². The van der Waals surface area contributed by atoms with Crippen LogP contribution in [0.1, 0.15) is 65.1 Å². The van der Waals surface area contributed by atoms with E-state index in [2.05, 4.69) is 18.2 Å². The Morgan fingerprint density at radius 3 is 2.43 bits per heavy atom. The predicted molar refractivity (Wildman–Crippen MR) is 116 cm³/mol. The first-order chi connectivity index (χ1) is 14.5. The number of carbonyl (C=O) groups excluding carboxylic acids is 1. The maximum atomic E-state index is 13.7. The van der Waals surface area contributed by atoms with Gasteiger partial charge in [-0.3, -0.25) is 4.98 Å². The number of fused-ring (bicyclic) bond motifs is 2. The fourth-order valence-electron chi connectivity index (χ4n) is 4.27. The second-order valence-electron chi connectivity index (χ2n) is 8.00. The number of hydrogen-bond donors (Lipinski definition) is 0. The minimum Gasteiger partial charge on any atom is -0.462 e. The Morgan fingerprint density at radius 2 is 1.77 bits per heavy atom. The molecule has 0 fully saturated rings. The first kappa shape index (κ1) is 20.3. The third-order valence-electron chi connectivity index (χ3n) is 5.69. The van der Waals surface area contributed by atoms with Crippen molar-refractivity contribution in [3.63, 3.8) is 0 Å². The summed E-state index contributed by atoms with van der Waals surface area (Å²) in [4.78, 5) is 18.1. The van der Waals surface area contributed by atoms with E-state index in [0.717, 1.165) is 40.9 Å². The monoisotopic (exact) mass is 403 g/mol. The highest BCUT2D eigenvalue weighted by molar-refractivity contribution is 6.00. The van der Waals surface area contributed by atoms with Crippen LogP contribution >= 0.6 is 0 Å². The van der Waals surface area contributed by atoms with Crippen molar-refractivity contribution in [1.29, 1.82) is 0 Å². The number of esters is 1. The van der Waals surface area contributed by atoms with Gasteiger partial charge >= 0.3 is 5.97 Å². The summed E-state index contributed by atoms with van der Waals surface area (Å²) in [7, 11) is 0. The van der Waals surface area contributed by atoms with E-state index in [1.54, 1.807) is 19.1 Å². The Labute approximate surface area is 176 Å². The summed E-state index contributed by atoms with van der Waals surface area (Å²) in [5.41, 5.74) is 7.52. The molecule has 1 aliphatic rings. The zero-order valence-electron chi connectivity index (χ0n) is 17.7. The van der Waals surface area contributed by atoms with Gasteiger partial charge in [0.15, 0.2) is 0 Å². The molecule has 4 heteroatoms. The number of ether oxygens (including phenoxy) is 1. The Hall–Kier alpha value is -3.01. The molecule has 0 unspecified atom stereocenters. The molecule has 0 aliphatic heterocycles. The van der Waals surface area contributed by atoms with Crippen molar-refractivity contribution in [2.45, 2.75) is 46.0 Å². The van der Waals surface area contributed by atoms with E-state index >= 15 is 0 Å². The molecule has 0 radical (unpaired) electrons. The van der Waals surface area contributed by atoms with Gasteiger partial charge in [-0.05, 0) is 60.1 Å². The van der Waals surface area contributed by atoms with Crippen molar-refractivity contribution in [3.8, 4) is 11.1 Å². The van der Waals surface area contributed by atoms with Crippen LogP contribution < -0.4 is 0 Å². The van der Waals surface area contributed by atoms with Crippen LogP contribution in [0.15, 0.2) is 48.5 Å². The number of pyridine rings is 1. The number of hydrogen-bond acceptors (Lipinski definition) is 3. The van der Waals surface area contributed by atoms with E-state index in [0.29, 0.717) is 18.6 Å². The lowest BCUT2D eigenvalue weighted by atomic mass is 9.87. The topological polar surface area (TPSA) is 39.2 Å². The minimum atomic E-state index is -0.367. The van der Waals surface area contributed by atoms with Crippen molar-refractivity contribution >= 4 is 5.97 Å². The van der Waals surface area contributed by atoms with Gasteiger partial charge in [-0.25, -0.2) is 9.18 Å². The molecule has 0 saturated carbocycles. The van der Waals surface area contributed by atoms with Gasteiger partial charge in [-0.15, -0.1) is 0 Å². The molecule has 0 bridgehead atoms. The SMILES string of the molecule is CCOC(=O)c1c(C(C)C)nc2c(c1-c1ccc(F)cc1)Cc1ccccc1CC2. The second-order valence-corrected chi connectivity index (χ2v) is 8.00. The maximum Gasteiger partial charge on any atom is 0.340 e. The lowest BCUT2D eigenvalue weighted by Crippen LogP contribution is -2.17. The summed E-state index contributed by atoms with van der Waals surface area (Å²) in [6.45, 7) is 6.17. The number of benzene rings is 2. The van der Waals surface area contributed by atoms with Gasteiger partial charge in [0.2, 0.25) is 0 Å². The van der Waals surface area contributed by atoms with Gasteiger partial charge in [0.1, 0.15) is 5.82 Å². The highest BCUT2D eigenvalue weighted by atomic mass is 19.1. The van der Waals surface area contributed by atoms with Gasteiger partial charge in [-0.2, -0.15) is 0 Å². The molecule has 1 aromatic heterocycles. The quantitative estimate of drug-likeness (QED) is 0.511. The van der Waals surface area contributed by atoms with E-state index in [9.17, 15) is 9.18 Å². The summed E-state index contributed by atoms with van der Waals surface area (Å²) in [6, 6.07) is 14.8. The molecule has 1 aliphatic carbocycles. The molecule has 3 aromatic rings. The molecule has 0 N–H and O–H groups in total. The van der Waals surface area contributed by atoms with Gasteiger partial charge in [0.25, 0.3) is 0 Å². The summed E-state index contributed by atoms with van der Waals surface area (Å²) in [5, 5.41) is 0. The van der Waals surface area contributed by atoms with Crippen LogP contribution in [0.2, 0.25) is 0 Å². The zero-order chi connectivity index (χ0) is 21.3. The Bertz CT molecular complexity index is 1090. The van der Waals surface area contributed by atoms with Crippen LogP contribution in [0, 0.1) is 5.82 Å². The number of aromatic nitrogens is 1. The summed E-state index contributed by atoms with van der Waals surface area (Å²) in [6.07, 6.45) is 2.41. The molecule has 4 rings (SSSR count). The number of carbonyl (C=O) groups is 1. The first-order valence-corrected chi connectivity index (χ1v) is 10.5. The van der Waals surface area contributed by atoms with Crippen LogP contribution in [0.4, 0.5) is 4.39 Å². The van der Waals surface area contributed by atoms with E-state index in [1.165, 1.54) is 23.3 Å². The second kappa shape index (κ2) is 8.39. The molecule has 3 nitrogen and oxygen atoms in total. The highest BCUT2D eigenvalue weighted by Crippen LogP contribution is 2.38. The minimum absolute atomic E-state index is 0.0551. The number of aryl methyl sites for hydroxylation is 2. The van der Waals surface area contributed by atoms with Crippen molar-refractivity contribution in [3.05, 3.63) is 88.0 Å². The van der Waals surface area contributed by atoms with Crippen LogP contribution in [-0.2, 0) is 24.0 Å². The number of rotatable bonds is 4. The largest absolute Gasteiger partial charge is 0.462 e. The van der Waals surface area contributed by atoms with Gasteiger partial charge < -0.3 is 4.74 Å². The molecular formula is C26H26FNO2. The van der Waals surface area contributed by atoms with Gasteiger partial charge in [0, 0.05) is 17.7 Å². The molecule has 0 amide bonds. The summed E-state index contributed by atoms with van der Waals surface area (Å²) in [5.74, 6) is -0.612. The van der Waals surface area contributed by atoms with Crippen molar-refractivity contribution in [2.24, 2.45) is 0 Å². The summed E-state index contributed by atoms with van der Waals surface area (Å²) >= 11 is 0. The zero-order valence-corrected chi connectivity index (χ0v) is 17.7. The maximum absolute atomic E-state index is 13.7. The normalized spacial score (nSPS) is 12.8. The molecule has 0 atom stereocenters. The molecule has 0 saturated heterocycles. The summed E-state index contributed by atoms with van der Waals surface area (Å²) < 4.78 is 19.1. The van der Waals surface area contributed by atoms with Crippen molar-refractivity contribution in [2.75, 3.05) is 6.61 Å².